The molecule has 0 saturated carbocycles. The van der Waals surface area contributed by atoms with Gasteiger partial charge >= 0.3 is 0 Å². The molecule has 0 fully saturated rings. The summed E-state index contributed by atoms with van der Waals surface area (Å²) in [6.07, 6.45) is 0. The second-order valence-corrected chi connectivity index (χ2v) is 16.8. The summed E-state index contributed by atoms with van der Waals surface area (Å²) in [6, 6.07) is 66.1. The number of anilines is 3. The summed E-state index contributed by atoms with van der Waals surface area (Å²) in [4.78, 5) is 7.59. The Morgan fingerprint density at radius 2 is 0.926 bits per heavy atom. The molecule has 0 spiro atoms. The molecule has 0 unspecified atom stereocenters. The van der Waals surface area contributed by atoms with Gasteiger partial charge in [-0.3, -0.25) is 0 Å². The molecule has 0 atom stereocenters. The van der Waals surface area contributed by atoms with Crippen molar-refractivity contribution in [2.45, 2.75) is 0 Å². The molecule has 254 valence electrons. The summed E-state index contributed by atoms with van der Waals surface area (Å²) >= 11 is 5.47. The Hall–Kier alpha value is -6.11. The van der Waals surface area contributed by atoms with Crippen LogP contribution in [0.4, 0.5) is 17.1 Å². The van der Waals surface area contributed by atoms with E-state index in [2.05, 4.69) is 187 Å². The van der Waals surface area contributed by atoms with E-state index in [-0.39, 0.29) is 0 Å². The molecule has 3 aromatic heterocycles. The zero-order valence-electron chi connectivity index (χ0n) is 28.9. The monoisotopic (exact) mass is 742 g/mol. The van der Waals surface area contributed by atoms with Gasteiger partial charge in [0, 0.05) is 63.0 Å². The average Bonchev–Trinajstić information content (AvgIpc) is 3.95. The molecule has 0 N–H and O–H groups in total. The van der Waals surface area contributed by atoms with Crippen LogP contribution in [-0.2, 0) is 0 Å². The van der Waals surface area contributed by atoms with E-state index in [1.165, 1.54) is 67.3 Å². The van der Waals surface area contributed by atoms with Crippen molar-refractivity contribution in [3.8, 4) is 32.8 Å². The Morgan fingerprint density at radius 1 is 0.333 bits per heavy atom. The first-order chi connectivity index (χ1) is 26.7. The quantitative estimate of drug-likeness (QED) is 0.169. The summed E-state index contributed by atoms with van der Waals surface area (Å²) < 4.78 is 6.39. The molecule has 0 aliphatic rings. The predicted octanol–water partition coefficient (Wildman–Crippen LogP) is 15.5. The summed E-state index contributed by atoms with van der Waals surface area (Å²) in [5.41, 5.74) is 10.4. The Morgan fingerprint density at radius 3 is 1.78 bits per heavy atom. The Balaban J connectivity index is 1.02. The standard InChI is InChI=1S/C49H30N2S3/c1-3-10-31(11-4-1)34-14-9-15-37(28-34)51(38-23-24-40-39-16-7-8-17-42(39)53-46(40)30-38)36-21-18-32(19-22-36)35-20-25-43-41(29-35)47-44(52-43)26-27-45-48(47)50-49(54-45)33-12-5-2-6-13-33/h1-30H. The lowest BCUT2D eigenvalue weighted by Crippen LogP contribution is -2.09. The third-order valence-electron chi connectivity index (χ3n) is 10.3. The van der Waals surface area contributed by atoms with Crippen LogP contribution in [-0.4, -0.2) is 4.98 Å². The topological polar surface area (TPSA) is 16.1 Å². The second-order valence-electron chi connectivity index (χ2n) is 13.6. The van der Waals surface area contributed by atoms with E-state index in [0.29, 0.717) is 0 Å². The molecule has 54 heavy (non-hydrogen) atoms. The van der Waals surface area contributed by atoms with E-state index < -0.39 is 0 Å². The van der Waals surface area contributed by atoms with Crippen molar-refractivity contribution in [1.29, 1.82) is 0 Å². The number of rotatable bonds is 6. The summed E-state index contributed by atoms with van der Waals surface area (Å²) in [5.74, 6) is 0. The summed E-state index contributed by atoms with van der Waals surface area (Å²) in [6.45, 7) is 0. The number of aromatic nitrogens is 1. The minimum Gasteiger partial charge on any atom is -0.310 e. The highest BCUT2D eigenvalue weighted by Gasteiger charge is 2.18. The van der Waals surface area contributed by atoms with Gasteiger partial charge in [-0.05, 0) is 89.0 Å². The van der Waals surface area contributed by atoms with E-state index in [0.717, 1.165) is 33.1 Å². The Bertz CT molecular complexity index is 3160. The van der Waals surface area contributed by atoms with Crippen molar-refractivity contribution in [3.05, 3.63) is 182 Å². The van der Waals surface area contributed by atoms with Gasteiger partial charge in [-0.1, -0.05) is 115 Å². The molecule has 8 aromatic carbocycles. The molecule has 3 heterocycles. The van der Waals surface area contributed by atoms with Gasteiger partial charge in [-0.2, -0.15) is 0 Å². The molecule has 0 aliphatic carbocycles. The molecule has 0 saturated heterocycles. The summed E-state index contributed by atoms with van der Waals surface area (Å²) in [5, 5.41) is 6.20. The van der Waals surface area contributed by atoms with Crippen LogP contribution >= 0.6 is 34.0 Å². The molecule has 11 rings (SSSR count). The largest absolute Gasteiger partial charge is 0.310 e. The van der Waals surface area contributed by atoms with Crippen LogP contribution in [0.1, 0.15) is 0 Å². The van der Waals surface area contributed by atoms with Gasteiger partial charge in [0.1, 0.15) is 5.01 Å². The maximum atomic E-state index is 5.20. The fraction of sp³-hybridized carbons (Fsp3) is 0. The highest BCUT2D eigenvalue weighted by molar-refractivity contribution is 7.26. The van der Waals surface area contributed by atoms with E-state index in [9.17, 15) is 0 Å². The molecule has 0 radical (unpaired) electrons. The van der Waals surface area contributed by atoms with Gasteiger partial charge in [0.2, 0.25) is 0 Å². The van der Waals surface area contributed by atoms with Gasteiger partial charge in [-0.15, -0.1) is 34.0 Å². The minimum absolute atomic E-state index is 1.06. The molecular weight excluding hydrogens is 713 g/mol. The molecule has 2 nitrogen and oxygen atoms in total. The average molecular weight is 743 g/mol. The molecule has 0 aliphatic heterocycles. The van der Waals surface area contributed by atoms with Crippen LogP contribution < -0.4 is 4.90 Å². The third-order valence-corrected chi connectivity index (χ3v) is 13.6. The number of thiophene rings is 2. The Labute approximate surface area is 324 Å². The van der Waals surface area contributed by atoms with Crippen LogP contribution in [0.15, 0.2) is 182 Å². The molecular formula is C49H30N2S3. The lowest BCUT2D eigenvalue weighted by molar-refractivity contribution is 1.29. The van der Waals surface area contributed by atoms with Crippen LogP contribution in [0.3, 0.4) is 0 Å². The van der Waals surface area contributed by atoms with Gasteiger partial charge in [0.05, 0.1) is 10.2 Å². The number of fused-ring (bicyclic) bond motifs is 8. The van der Waals surface area contributed by atoms with Crippen molar-refractivity contribution >= 4 is 102 Å². The number of hydrogen-bond acceptors (Lipinski definition) is 5. The van der Waals surface area contributed by atoms with Crippen LogP contribution in [0, 0.1) is 0 Å². The second kappa shape index (κ2) is 12.8. The SMILES string of the molecule is c1ccc(-c2cccc(N(c3ccc(-c4ccc5sc6ccc7sc(-c8ccccc8)nc7c6c5c4)cc3)c3ccc4c(c3)sc3ccccc34)c2)cc1. The lowest BCUT2D eigenvalue weighted by Gasteiger charge is -2.26. The molecule has 5 heteroatoms. The van der Waals surface area contributed by atoms with Crippen LogP contribution in [0.5, 0.6) is 0 Å². The lowest BCUT2D eigenvalue weighted by atomic mass is 10.0. The fourth-order valence-electron chi connectivity index (χ4n) is 7.70. The maximum absolute atomic E-state index is 5.20. The van der Waals surface area contributed by atoms with E-state index in [1.807, 2.05) is 22.7 Å². The fourth-order valence-corrected chi connectivity index (χ4v) is 10.9. The van der Waals surface area contributed by atoms with Crippen LogP contribution in [0.2, 0.25) is 0 Å². The van der Waals surface area contributed by atoms with Gasteiger partial charge in [-0.25, -0.2) is 4.98 Å². The van der Waals surface area contributed by atoms with Crippen molar-refractivity contribution in [2.24, 2.45) is 0 Å². The van der Waals surface area contributed by atoms with E-state index >= 15 is 0 Å². The maximum Gasteiger partial charge on any atom is 0.124 e. The first-order valence-corrected chi connectivity index (χ1v) is 20.5. The normalized spacial score (nSPS) is 11.7. The highest BCUT2D eigenvalue weighted by Crippen LogP contribution is 2.44. The predicted molar refractivity (Wildman–Crippen MR) is 236 cm³/mol. The molecule has 11 aromatic rings. The van der Waals surface area contributed by atoms with E-state index in [1.54, 1.807) is 11.3 Å². The minimum atomic E-state index is 1.06. The zero-order chi connectivity index (χ0) is 35.6. The first-order valence-electron chi connectivity index (χ1n) is 18.0. The van der Waals surface area contributed by atoms with E-state index in [4.69, 9.17) is 4.98 Å². The summed E-state index contributed by atoms with van der Waals surface area (Å²) in [7, 11) is 0. The smallest absolute Gasteiger partial charge is 0.124 e. The first kappa shape index (κ1) is 31.4. The number of nitrogens with zero attached hydrogens (tertiary/aromatic N) is 2. The molecule has 0 amide bonds. The van der Waals surface area contributed by atoms with Crippen molar-refractivity contribution in [3.63, 3.8) is 0 Å². The van der Waals surface area contributed by atoms with Crippen molar-refractivity contribution in [1.82, 2.24) is 4.98 Å². The zero-order valence-corrected chi connectivity index (χ0v) is 31.4. The number of hydrogen-bond donors (Lipinski definition) is 0. The third kappa shape index (κ3) is 5.32. The van der Waals surface area contributed by atoms with Gasteiger partial charge in [0.25, 0.3) is 0 Å². The highest BCUT2D eigenvalue weighted by atomic mass is 32.1. The van der Waals surface area contributed by atoms with Gasteiger partial charge in [0.15, 0.2) is 0 Å². The van der Waals surface area contributed by atoms with Crippen molar-refractivity contribution < 1.29 is 0 Å². The van der Waals surface area contributed by atoms with Crippen LogP contribution in [0.25, 0.3) is 83.4 Å². The number of benzene rings is 8. The van der Waals surface area contributed by atoms with Crippen molar-refractivity contribution in [2.75, 3.05) is 4.90 Å². The Kier molecular flexibility index (Phi) is 7.44. The number of thiazole rings is 1. The van der Waals surface area contributed by atoms with Gasteiger partial charge < -0.3 is 4.90 Å². The molecule has 0 bridgehead atoms.